The largest absolute Gasteiger partial charge is 0.393 e. The number of aliphatic hydroxyl groups excluding tert-OH is 1. The maximum absolute atomic E-state index is 10.00. The van der Waals surface area contributed by atoms with Gasteiger partial charge in [-0.2, -0.15) is 0 Å². The van der Waals surface area contributed by atoms with Crippen molar-refractivity contribution in [2.24, 2.45) is 0 Å². The fourth-order valence-corrected chi connectivity index (χ4v) is 1.49. The molecule has 0 unspecified atom stereocenters. The first kappa shape index (κ1) is 10.2. The van der Waals surface area contributed by atoms with Crippen LogP contribution >= 0.6 is 0 Å². The summed E-state index contributed by atoms with van der Waals surface area (Å²) in [6.07, 6.45) is -0.132. The fraction of sp³-hybridized carbons (Fsp3) is 0.455. The van der Waals surface area contributed by atoms with E-state index in [1.165, 1.54) is 0 Å². The van der Waals surface area contributed by atoms with E-state index in [2.05, 4.69) is 0 Å². The van der Waals surface area contributed by atoms with Gasteiger partial charge in [-0.1, -0.05) is 30.3 Å². The van der Waals surface area contributed by atoms with Crippen molar-refractivity contribution in [1.82, 2.24) is 0 Å². The van der Waals surface area contributed by atoms with Crippen LogP contribution in [0.2, 0.25) is 0 Å². The lowest BCUT2D eigenvalue weighted by Gasteiger charge is -2.25. The zero-order chi connectivity index (χ0) is 9.90. The summed E-state index contributed by atoms with van der Waals surface area (Å²) in [4.78, 5) is 0. The molecule has 2 atom stereocenters. The lowest BCUT2D eigenvalue weighted by atomic mass is 9.90. The molecule has 0 spiro atoms. The molecule has 2 nitrogen and oxygen atoms in total. The van der Waals surface area contributed by atoms with E-state index in [-0.39, 0.29) is 0 Å². The molecule has 0 amide bonds. The third-order valence-corrected chi connectivity index (χ3v) is 2.09. The van der Waals surface area contributed by atoms with E-state index in [4.69, 9.17) is 0 Å². The Morgan fingerprint density at radius 2 is 1.85 bits per heavy atom. The minimum absolute atomic E-state index is 0.358. The van der Waals surface area contributed by atoms with Crippen LogP contribution in [0.3, 0.4) is 0 Å². The highest BCUT2D eigenvalue weighted by molar-refractivity contribution is 5.21. The molecule has 1 rings (SSSR count). The second-order valence-electron chi connectivity index (χ2n) is 3.69. The smallest absolute Gasteiger partial charge is 0.0893 e. The number of aliphatic hydroxyl groups is 2. The first-order chi connectivity index (χ1) is 6.02. The Balaban J connectivity index is 2.81. The molecule has 72 valence electrons. The average Bonchev–Trinajstić information content (AvgIpc) is 2.04. The normalized spacial score (nSPS) is 17.8. The average molecular weight is 180 g/mol. The van der Waals surface area contributed by atoms with E-state index in [1.54, 1.807) is 13.8 Å². The van der Waals surface area contributed by atoms with Crippen LogP contribution in [0.5, 0.6) is 0 Å². The Morgan fingerprint density at radius 1 is 1.31 bits per heavy atom. The third kappa shape index (κ3) is 2.83. The second-order valence-corrected chi connectivity index (χ2v) is 3.69. The van der Waals surface area contributed by atoms with Gasteiger partial charge >= 0.3 is 0 Å². The molecule has 0 aliphatic heterocycles. The molecule has 0 fully saturated rings. The minimum Gasteiger partial charge on any atom is -0.393 e. The number of hydrogen-bond donors (Lipinski definition) is 2. The Morgan fingerprint density at radius 3 is 2.31 bits per heavy atom. The fourth-order valence-electron chi connectivity index (χ4n) is 1.49. The predicted octanol–water partition coefficient (Wildman–Crippen LogP) is 1.66. The van der Waals surface area contributed by atoms with Crippen LogP contribution in [-0.2, 0) is 5.60 Å². The first-order valence-corrected chi connectivity index (χ1v) is 4.48. The van der Waals surface area contributed by atoms with Gasteiger partial charge in [-0.3, -0.25) is 0 Å². The molecule has 13 heavy (non-hydrogen) atoms. The van der Waals surface area contributed by atoms with E-state index in [0.29, 0.717) is 6.42 Å². The zero-order valence-corrected chi connectivity index (χ0v) is 8.07. The van der Waals surface area contributed by atoms with Crippen LogP contribution in [0.25, 0.3) is 0 Å². The van der Waals surface area contributed by atoms with Gasteiger partial charge in [-0.15, -0.1) is 0 Å². The Bertz CT molecular complexity index is 252. The van der Waals surface area contributed by atoms with Crippen LogP contribution in [-0.4, -0.2) is 16.3 Å². The van der Waals surface area contributed by atoms with E-state index in [9.17, 15) is 10.2 Å². The molecule has 2 N–H and O–H groups in total. The lowest BCUT2D eigenvalue weighted by molar-refractivity contribution is 0.00565. The molecule has 0 aliphatic rings. The summed E-state index contributed by atoms with van der Waals surface area (Å²) in [7, 11) is 0. The topological polar surface area (TPSA) is 40.5 Å². The quantitative estimate of drug-likeness (QED) is 0.742. The van der Waals surface area contributed by atoms with Crippen LogP contribution in [0.4, 0.5) is 0 Å². The molecular weight excluding hydrogens is 164 g/mol. The highest BCUT2D eigenvalue weighted by atomic mass is 16.3. The summed E-state index contributed by atoms with van der Waals surface area (Å²) < 4.78 is 0. The van der Waals surface area contributed by atoms with E-state index < -0.39 is 11.7 Å². The summed E-state index contributed by atoms with van der Waals surface area (Å²) in [6.45, 7) is 3.40. The lowest BCUT2D eigenvalue weighted by Crippen LogP contribution is -2.25. The van der Waals surface area contributed by atoms with Crippen molar-refractivity contribution in [2.75, 3.05) is 0 Å². The van der Waals surface area contributed by atoms with Gasteiger partial charge < -0.3 is 10.2 Å². The monoisotopic (exact) mass is 180 g/mol. The van der Waals surface area contributed by atoms with Gasteiger partial charge in [0.1, 0.15) is 0 Å². The molecule has 0 aliphatic carbocycles. The van der Waals surface area contributed by atoms with Gasteiger partial charge in [0.15, 0.2) is 0 Å². The summed E-state index contributed by atoms with van der Waals surface area (Å²) in [5.74, 6) is 0. The molecule has 1 aromatic carbocycles. The molecule has 0 heterocycles. The summed E-state index contributed by atoms with van der Waals surface area (Å²) in [5, 5.41) is 19.2. The van der Waals surface area contributed by atoms with Crippen molar-refractivity contribution in [3.8, 4) is 0 Å². The molecular formula is C11H16O2. The molecule has 0 saturated heterocycles. The number of rotatable bonds is 3. The Labute approximate surface area is 78.8 Å². The van der Waals surface area contributed by atoms with E-state index >= 15 is 0 Å². The van der Waals surface area contributed by atoms with Crippen molar-refractivity contribution in [3.63, 3.8) is 0 Å². The molecule has 0 saturated carbocycles. The van der Waals surface area contributed by atoms with Crippen LogP contribution in [0.1, 0.15) is 25.8 Å². The molecule has 0 bridgehead atoms. The van der Waals surface area contributed by atoms with Crippen LogP contribution in [0, 0.1) is 0 Å². The van der Waals surface area contributed by atoms with Crippen molar-refractivity contribution in [2.45, 2.75) is 32.0 Å². The van der Waals surface area contributed by atoms with E-state index in [1.807, 2.05) is 30.3 Å². The second kappa shape index (κ2) is 3.90. The Hall–Kier alpha value is -0.860. The Kier molecular flexibility index (Phi) is 3.07. The van der Waals surface area contributed by atoms with Crippen molar-refractivity contribution in [1.29, 1.82) is 0 Å². The highest BCUT2D eigenvalue weighted by Crippen LogP contribution is 2.25. The van der Waals surface area contributed by atoms with Crippen molar-refractivity contribution >= 4 is 0 Å². The SMILES string of the molecule is C[C@H](O)C[C@@](C)(O)c1ccccc1. The van der Waals surface area contributed by atoms with Crippen molar-refractivity contribution in [3.05, 3.63) is 35.9 Å². The number of hydrogen-bond acceptors (Lipinski definition) is 2. The molecule has 2 heteroatoms. The van der Waals surface area contributed by atoms with Gasteiger partial charge in [0.25, 0.3) is 0 Å². The summed E-state index contributed by atoms with van der Waals surface area (Å²) >= 11 is 0. The maximum atomic E-state index is 10.00. The maximum Gasteiger partial charge on any atom is 0.0893 e. The van der Waals surface area contributed by atoms with Crippen molar-refractivity contribution < 1.29 is 10.2 Å². The highest BCUT2D eigenvalue weighted by Gasteiger charge is 2.24. The zero-order valence-electron chi connectivity index (χ0n) is 8.07. The third-order valence-electron chi connectivity index (χ3n) is 2.09. The summed E-state index contributed by atoms with van der Waals surface area (Å²) in [6, 6.07) is 9.39. The van der Waals surface area contributed by atoms with Gasteiger partial charge in [0, 0.05) is 6.42 Å². The van der Waals surface area contributed by atoms with Crippen LogP contribution < -0.4 is 0 Å². The van der Waals surface area contributed by atoms with Gasteiger partial charge in [-0.25, -0.2) is 0 Å². The predicted molar refractivity (Wildman–Crippen MR) is 52.3 cm³/mol. The standard InChI is InChI=1S/C11H16O2/c1-9(12)8-11(2,13)10-6-4-3-5-7-10/h3-7,9,12-13H,8H2,1-2H3/t9-,11+/m0/s1. The first-order valence-electron chi connectivity index (χ1n) is 4.48. The minimum atomic E-state index is -0.935. The molecule has 0 aromatic heterocycles. The van der Waals surface area contributed by atoms with E-state index in [0.717, 1.165) is 5.56 Å². The molecule has 0 radical (unpaired) electrons. The molecule has 1 aromatic rings. The number of benzene rings is 1. The summed E-state index contributed by atoms with van der Waals surface area (Å²) in [5.41, 5.74) is -0.0917. The van der Waals surface area contributed by atoms with Gasteiger partial charge in [0.05, 0.1) is 11.7 Å². The van der Waals surface area contributed by atoms with Crippen LogP contribution in [0.15, 0.2) is 30.3 Å². The van der Waals surface area contributed by atoms with Gasteiger partial charge in [0.2, 0.25) is 0 Å². The van der Waals surface area contributed by atoms with Gasteiger partial charge in [-0.05, 0) is 19.4 Å².